The Kier molecular flexibility index (Phi) is 6.36. The first-order valence-electron chi connectivity index (χ1n) is 8.26. The van der Waals surface area contributed by atoms with Crippen LogP contribution >= 0.6 is 11.3 Å². The fourth-order valence-corrected chi connectivity index (χ4v) is 3.79. The van der Waals surface area contributed by atoms with Gasteiger partial charge in [0, 0.05) is 11.4 Å². The highest BCUT2D eigenvalue weighted by Gasteiger charge is 2.22. The summed E-state index contributed by atoms with van der Waals surface area (Å²) in [4.78, 5) is 37.2. The Morgan fingerprint density at radius 2 is 2.17 bits per heavy atom. The Bertz CT molecular complexity index is 626. The molecule has 0 spiro atoms. The van der Waals surface area contributed by atoms with Gasteiger partial charge in [0.15, 0.2) is 6.61 Å². The fourth-order valence-electron chi connectivity index (χ4n) is 2.68. The molecule has 1 heterocycles. The summed E-state index contributed by atoms with van der Waals surface area (Å²) in [5.41, 5.74) is 1.22. The van der Waals surface area contributed by atoms with Gasteiger partial charge in [-0.25, -0.2) is 4.79 Å². The lowest BCUT2D eigenvalue weighted by atomic mass is 9.90. The van der Waals surface area contributed by atoms with Gasteiger partial charge >= 0.3 is 5.97 Å². The van der Waals surface area contributed by atoms with Gasteiger partial charge in [0.1, 0.15) is 10.9 Å². The summed E-state index contributed by atoms with van der Waals surface area (Å²) in [7, 11) is 0. The number of likely N-dealkylation sites (N-methyl/N-ethyl adjacent to an activating group) is 1. The van der Waals surface area contributed by atoms with E-state index in [0.29, 0.717) is 17.3 Å². The quantitative estimate of drug-likeness (QED) is 0.763. The number of thiophene rings is 1. The van der Waals surface area contributed by atoms with E-state index in [1.807, 2.05) is 6.07 Å². The first-order chi connectivity index (χ1) is 11.4. The van der Waals surface area contributed by atoms with Crippen molar-refractivity contribution in [3.63, 3.8) is 0 Å². The molecule has 2 N–H and O–H groups in total. The van der Waals surface area contributed by atoms with E-state index >= 15 is 0 Å². The predicted molar refractivity (Wildman–Crippen MR) is 92.1 cm³/mol. The van der Waals surface area contributed by atoms with E-state index < -0.39 is 17.9 Å². The van der Waals surface area contributed by atoms with Gasteiger partial charge in [0.2, 0.25) is 5.91 Å². The van der Waals surface area contributed by atoms with E-state index in [2.05, 4.69) is 17.6 Å². The molecule has 0 aromatic carbocycles. The van der Waals surface area contributed by atoms with Crippen molar-refractivity contribution in [2.45, 2.75) is 46.1 Å². The van der Waals surface area contributed by atoms with E-state index in [-0.39, 0.29) is 12.5 Å². The number of ether oxygens (including phenoxy) is 1. The number of nitrogens with one attached hydrogen (secondary N) is 2. The molecule has 2 amide bonds. The first kappa shape index (κ1) is 18.4. The maximum atomic E-state index is 12.1. The van der Waals surface area contributed by atoms with E-state index in [9.17, 15) is 14.4 Å². The zero-order valence-electron chi connectivity index (χ0n) is 14.3. The van der Waals surface area contributed by atoms with Gasteiger partial charge in [-0.3, -0.25) is 9.59 Å². The van der Waals surface area contributed by atoms with Crippen molar-refractivity contribution in [2.24, 2.45) is 5.92 Å². The minimum absolute atomic E-state index is 0.266. The number of esters is 1. The van der Waals surface area contributed by atoms with Gasteiger partial charge in [-0.1, -0.05) is 6.92 Å². The summed E-state index contributed by atoms with van der Waals surface area (Å²) in [6.45, 7) is 5.70. The van der Waals surface area contributed by atoms with Gasteiger partial charge < -0.3 is 15.4 Å². The van der Waals surface area contributed by atoms with E-state index in [0.717, 1.165) is 19.3 Å². The molecule has 0 fully saturated rings. The molecule has 7 heteroatoms. The number of hydrogen-bond donors (Lipinski definition) is 2. The van der Waals surface area contributed by atoms with Gasteiger partial charge in [-0.05, 0) is 50.7 Å². The summed E-state index contributed by atoms with van der Waals surface area (Å²) in [5, 5.41) is 5.11. The third kappa shape index (κ3) is 4.80. The molecule has 1 aliphatic rings. The molecule has 132 valence electrons. The molecule has 0 saturated heterocycles. The van der Waals surface area contributed by atoms with Crippen molar-refractivity contribution >= 4 is 29.1 Å². The zero-order chi connectivity index (χ0) is 17.7. The molecule has 0 saturated carbocycles. The van der Waals surface area contributed by atoms with Crippen molar-refractivity contribution in [2.75, 3.05) is 13.2 Å². The van der Waals surface area contributed by atoms with Gasteiger partial charge in [-0.2, -0.15) is 0 Å². The van der Waals surface area contributed by atoms with E-state index in [4.69, 9.17) is 4.74 Å². The van der Waals surface area contributed by atoms with Crippen LogP contribution in [0.4, 0.5) is 0 Å². The lowest BCUT2D eigenvalue weighted by Gasteiger charge is -2.16. The lowest BCUT2D eigenvalue weighted by molar-refractivity contribution is -0.130. The second-order valence-corrected chi connectivity index (χ2v) is 7.30. The van der Waals surface area contributed by atoms with Crippen LogP contribution in [0.5, 0.6) is 0 Å². The number of rotatable bonds is 6. The van der Waals surface area contributed by atoms with Crippen LogP contribution in [0, 0.1) is 5.92 Å². The molecule has 1 aromatic heterocycles. The van der Waals surface area contributed by atoms with Crippen molar-refractivity contribution in [1.82, 2.24) is 10.6 Å². The highest BCUT2D eigenvalue weighted by Crippen LogP contribution is 2.32. The first-order valence-corrected chi connectivity index (χ1v) is 9.08. The molecule has 2 atom stereocenters. The topological polar surface area (TPSA) is 84.5 Å². The zero-order valence-corrected chi connectivity index (χ0v) is 15.1. The Morgan fingerprint density at radius 3 is 2.88 bits per heavy atom. The van der Waals surface area contributed by atoms with Crippen molar-refractivity contribution in [1.29, 1.82) is 0 Å². The average Bonchev–Trinajstić information content (AvgIpc) is 2.95. The monoisotopic (exact) mass is 352 g/mol. The summed E-state index contributed by atoms with van der Waals surface area (Å²) in [5.74, 6) is -0.602. The van der Waals surface area contributed by atoms with Crippen LogP contribution in [0.1, 0.15) is 47.3 Å². The van der Waals surface area contributed by atoms with Crippen LogP contribution < -0.4 is 10.6 Å². The molecule has 24 heavy (non-hydrogen) atoms. The minimum Gasteiger partial charge on any atom is -0.451 e. The SMILES string of the molecule is CCNC(=O)[C@H](C)NC(=O)COC(=O)c1cc2c(s1)CC[C@@H](C)C2. The standard InChI is InChI=1S/C17H24N2O4S/c1-4-18-16(21)11(3)19-15(20)9-23-17(22)14-8-12-7-10(2)5-6-13(12)24-14/h8,10-11H,4-7,9H2,1-3H3,(H,18,21)(H,19,20)/t10-,11+/m1/s1. The molecule has 0 radical (unpaired) electrons. The van der Waals surface area contributed by atoms with Crippen LogP contribution in [-0.4, -0.2) is 37.0 Å². The maximum Gasteiger partial charge on any atom is 0.348 e. The Morgan fingerprint density at radius 1 is 1.42 bits per heavy atom. The summed E-state index contributed by atoms with van der Waals surface area (Å²) < 4.78 is 5.06. The van der Waals surface area contributed by atoms with E-state index in [1.165, 1.54) is 21.8 Å². The van der Waals surface area contributed by atoms with Crippen molar-refractivity contribution in [3.05, 3.63) is 21.4 Å². The number of aryl methyl sites for hydroxylation is 1. The molecular weight excluding hydrogens is 328 g/mol. The summed E-state index contributed by atoms with van der Waals surface area (Å²) in [6.07, 6.45) is 3.13. The van der Waals surface area contributed by atoms with Gasteiger partial charge in [-0.15, -0.1) is 11.3 Å². The summed E-state index contributed by atoms with van der Waals surface area (Å²) in [6, 6.07) is 1.22. The fraction of sp³-hybridized carbons (Fsp3) is 0.588. The second-order valence-electron chi connectivity index (χ2n) is 6.17. The van der Waals surface area contributed by atoms with Gasteiger partial charge in [0.25, 0.3) is 5.91 Å². The Balaban J connectivity index is 1.83. The lowest BCUT2D eigenvalue weighted by Crippen LogP contribution is -2.46. The molecular formula is C17H24N2O4S. The second kappa shape index (κ2) is 8.28. The van der Waals surface area contributed by atoms with Crippen molar-refractivity contribution in [3.8, 4) is 0 Å². The molecule has 1 aliphatic carbocycles. The van der Waals surface area contributed by atoms with Crippen LogP contribution in [0.25, 0.3) is 0 Å². The third-order valence-electron chi connectivity index (χ3n) is 3.99. The number of amides is 2. The molecule has 6 nitrogen and oxygen atoms in total. The molecule has 1 aromatic rings. The van der Waals surface area contributed by atoms with Crippen LogP contribution in [0.2, 0.25) is 0 Å². The molecule has 0 aliphatic heterocycles. The highest BCUT2D eigenvalue weighted by molar-refractivity contribution is 7.14. The Hall–Kier alpha value is -1.89. The van der Waals surface area contributed by atoms with E-state index in [1.54, 1.807) is 13.8 Å². The number of hydrogen-bond acceptors (Lipinski definition) is 5. The van der Waals surface area contributed by atoms with Crippen LogP contribution in [0.15, 0.2) is 6.07 Å². The highest BCUT2D eigenvalue weighted by atomic mass is 32.1. The minimum atomic E-state index is -0.660. The molecule has 0 bridgehead atoms. The molecule has 2 rings (SSSR count). The molecule has 0 unspecified atom stereocenters. The van der Waals surface area contributed by atoms with Crippen molar-refractivity contribution < 1.29 is 19.1 Å². The summed E-state index contributed by atoms with van der Waals surface area (Å²) >= 11 is 1.45. The smallest absolute Gasteiger partial charge is 0.348 e. The van der Waals surface area contributed by atoms with Crippen LogP contribution in [0.3, 0.4) is 0 Å². The normalized spacial score (nSPS) is 17.5. The number of carbonyl (C=O) groups is 3. The number of carbonyl (C=O) groups excluding carboxylic acids is 3. The third-order valence-corrected chi connectivity index (χ3v) is 5.20. The maximum absolute atomic E-state index is 12.1. The largest absolute Gasteiger partial charge is 0.451 e. The van der Waals surface area contributed by atoms with Crippen LogP contribution in [-0.2, 0) is 27.2 Å². The Labute approximate surface area is 146 Å². The predicted octanol–water partition coefficient (Wildman–Crippen LogP) is 1.67. The average molecular weight is 352 g/mol. The number of fused-ring (bicyclic) bond motifs is 1. The van der Waals surface area contributed by atoms with Gasteiger partial charge in [0.05, 0.1) is 0 Å².